The maximum absolute atomic E-state index is 12.8. The minimum Gasteiger partial charge on any atom is -0.343 e. The third kappa shape index (κ3) is 2.60. The second-order valence-corrected chi connectivity index (χ2v) is 6.43. The molecular formula is C19H21N3O2. The van der Waals surface area contributed by atoms with Crippen molar-refractivity contribution in [3.63, 3.8) is 0 Å². The van der Waals surface area contributed by atoms with Crippen molar-refractivity contribution in [2.75, 3.05) is 18.0 Å². The second kappa shape index (κ2) is 6.15. The number of para-hydroxylation sites is 2. The number of nitrogens with zero attached hydrogens (tertiary/aromatic N) is 3. The number of aromatic nitrogens is 1. The lowest BCUT2D eigenvalue weighted by Gasteiger charge is -2.31. The van der Waals surface area contributed by atoms with Gasteiger partial charge in [0.2, 0.25) is 11.8 Å². The van der Waals surface area contributed by atoms with Gasteiger partial charge in [-0.05, 0) is 37.1 Å². The summed E-state index contributed by atoms with van der Waals surface area (Å²) in [4.78, 5) is 28.6. The van der Waals surface area contributed by atoms with Gasteiger partial charge >= 0.3 is 0 Å². The fraction of sp³-hybridized carbons (Fsp3) is 0.368. The summed E-state index contributed by atoms with van der Waals surface area (Å²) in [5, 5.41) is 0. The Bertz CT molecular complexity index is 774. The second-order valence-electron chi connectivity index (χ2n) is 6.43. The molecule has 0 aliphatic carbocycles. The Hall–Kier alpha value is -2.56. The van der Waals surface area contributed by atoms with Gasteiger partial charge in [-0.2, -0.15) is 0 Å². The van der Waals surface area contributed by atoms with Crippen LogP contribution in [0.1, 0.15) is 31.4 Å². The average Bonchev–Trinajstić information content (AvgIpc) is 3.29. The number of amides is 2. The lowest BCUT2D eigenvalue weighted by atomic mass is 10.1. The summed E-state index contributed by atoms with van der Waals surface area (Å²) in [5.74, 6) is 0.122. The number of anilines is 1. The van der Waals surface area contributed by atoms with E-state index in [1.807, 2.05) is 52.4 Å². The van der Waals surface area contributed by atoms with E-state index in [1.165, 1.54) is 0 Å². The molecule has 0 saturated carbocycles. The number of hydrogen-bond acceptors (Lipinski definition) is 2. The quantitative estimate of drug-likeness (QED) is 0.872. The van der Waals surface area contributed by atoms with Gasteiger partial charge in [-0.3, -0.25) is 9.59 Å². The molecule has 124 valence electrons. The molecule has 2 aliphatic rings. The molecule has 2 aliphatic heterocycles. The number of carbonyl (C=O) groups is 2. The topological polar surface area (TPSA) is 45.6 Å². The van der Waals surface area contributed by atoms with Crippen molar-refractivity contribution in [2.45, 2.75) is 32.2 Å². The lowest BCUT2D eigenvalue weighted by molar-refractivity contribution is -0.132. The molecule has 2 amide bonds. The van der Waals surface area contributed by atoms with Crippen LogP contribution in [0, 0.1) is 0 Å². The van der Waals surface area contributed by atoms with Crippen LogP contribution >= 0.6 is 0 Å². The summed E-state index contributed by atoms with van der Waals surface area (Å²) in [6, 6.07) is 11.9. The number of carbonyl (C=O) groups excluding carboxylic acids is 2. The molecule has 0 N–H and O–H groups in total. The van der Waals surface area contributed by atoms with Gasteiger partial charge in [0.1, 0.15) is 0 Å². The fourth-order valence-electron chi connectivity index (χ4n) is 3.62. The smallest absolute Gasteiger partial charge is 0.227 e. The zero-order valence-electron chi connectivity index (χ0n) is 13.6. The Morgan fingerprint density at radius 2 is 1.58 bits per heavy atom. The van der Waals surface area contributed by atoms with Crippen LogP contribution in [0.4, 0.5) is 5.69 Å². The van der Waals surface area contributed by atoms with E-state index in [-0.39, 0.29) is 18.2 Å². The van der Waals surface area contributed by atoms with E-state index < -0.39 is 0 Å². The van der Waals surface area contributed by atoms with Gasteiger partial charge in [0.05, 0.1) is 17.9 Å². The van der Waals surface area contributed by atoms with Crippen LogP contribution in [-0.2, 0) is 16.1 Å². The van der Waals surface area contributed by atoms with E-state index in [2.05, 4.69) is 4.57 Å². The first-order chi connectivity index (χ1) is 11.7. The van der Waals surface area contributed by atoms with Gasteiger partial charge in [0.25, 0.3) is 0 Å². The Balaban J connectivity index is 1.50. The van der Waals surface area contributed by atoms with Gasteiger partial charge in [-0.1, -0.05) is 12.1 Å². The third-order valence-electron chi connectivity index (χ3n) is 4.90. The molecule has 4 rings (SSSR count). The van der Waals surface area contributed by atoms with Gasteiger partial charge in [-0.15, -0.1) is 0 Å². The van der Waals surface area contributed by atoms with Crippen LogP contribution in [0.3, 0.4) is 0 Å². The Labute approximate surface area is 141 Å². The van der Waals surface area contributed by atoms with Crippen molar-refractivity contribution >= 4 is 17.5 Å². The zero-order chi connectivity index (χ0) is 16.5. The van der Waals surface area contributed by atoms with Crippen LogP contribution in [0.2, 0.25) is 0 Å². The summed E-state index contributed by atoms with van der Waals surface area (Å²) in [6.07, 6.45) is 4.75. The standard InChI is InChI=1S/C19H21N3O2/c23-18(20-11-3-4-12-20)9-10-19(24)22-14-15-6-5-13-21(15)16-7-1-2-8-17(16)22/h1-2,5-8,13H,3-4,9-12,14H2. The summed E-state index contributed by atoms with van der Waals surface area (Å²) in [5.41, 5.74) is 3.02. The summed E-state index contributed by atoms with van der Waals surface area (Å²) >= 11 is 0. The number of hydrogen-bond donors (Lipinski definition) is 0. The number of fused-ring (bicyclic) bond motifs is 3. The number of benzene rings is 1. The van der Waals surface area contributed by atoms with Crippen molar-refractivity contribution in [3.8, 4) is 5.69 Å². The number of likely N-dealkylation sites (tertiary alicyclic amines) is 1. The Morgan fingerprint density at radius 1 is 0.875 bits per heavy atom. The fourth-order valence-corrected chi connectivity index (χ4v) is 3.62. The van der Waals surface area contributed by atoms with Crippen molar-refractivity contribution in [2.24, 2.45) is 0 Å². The summed E-state index contributed by atoms with van der Waals surface area (Å²) in [7, 11) is 0. The largest absolute Gasteiger partial charge is 0.343 e. The van der Waals surface area contributed by atoms with Crippen molar-refractivity contribution in [3.05, 3.63) is 48.3 Å². The van der Waals surface area contributed by atoms with Crippen LogP contribution in [0.15, 0.2) is 42.6 Å². The highest BCUT2D eigenvalue weighted by molar-refractivity contribution is 5.97. The highest BCUT2D eigenvalue weighted by Gasteiger charge is 2.26. The van der Waals surface area contributed by atoms with Crippen molar-refractivity contribution < 1.29 is 9.59 Å². The average molecular weight is 323 g/mol. The first-order valence-corrected chi connectivity index (χ1v) is 8.58. The minimum absolute atomic E-state index is 0.0162. The monoisotopic (exact) mass is 323 g/mol. The number of rotatable bonds is 3. The van der Waals surface area contributed by atoms with Crippen LogP contribution in [0.25, 0.3) is 5.69 Å². The van der Waals surface area contributed by atoms with Gasteiger partial charge in [0, 0.05) is 37.8 Å². The molecule has 5 heteroatoms. The minimum atomic E-state index is 0.0162. The first kappa shape index (κ1) is 15.0. The molecule has 24 heavy (non-hydrogen) atoms. The first-order valence-electron chi connectivity index (χ1n) is 8.58. The molecule has 0 radical (unpaired) electrons. The van der Waals surface area contributed by atoms with Gasteiger partial charge < -0.3 is 14.4 Å². The molecule has 0 spiro atoms. The van der Waals surface area contributed by atoms with Crippen LogP contribution < -0.4 is 4.90 Å². The van der Waals surface area contributed by atoms with Crippen molar-refractivity contribution in [1.29, 1.82) is 0 Å². The molecule has 0 atom stereocenters. The molecule has 2 aromatic rings. The molecule has 0 unspecified atom stereocenters. The Kier molecular flexibility index (Phi) is 3.84. The van der Waals surface area contributed by atoms with E-state index in [0.717, 1.165) is 43.0 Å². The predicted molar refractivity (Wildman–Crippen MR) is 92.0 cm³/mol. The maximum atomic E-state index is 12.8. The predicted octanol–water partition coefficient (Wildman–Crippen LogP) is 2.73. The lowest BCUT2D eigenvalue weighted by Crippen LogP contribution is -2.36. The SMILES string of the molecule is O=C(CCC(=O)N1Cc2cccn2-c2ccccc21)N1CCCC1. The third-order valence-corrected chi connectivity index (χ3v) is 4.90. The summed E-state index contributed by atoms with van der Waals surface area (Å²) in [6.45, 7) is 2.24. The van der Waals surface area contributed by atoms with Crippen molar-refractivity contribution in [1.82, 2.24) is 9.47 Å². The van der Waals surface area contributed by atoms with Gasteiger partial charge in [-0.25, -0.2) is 0 Å². The van der Waals surface area contributed by atoms with E-state index >= 15 is 0 Å². The van der Waals surface area contributed by atoms with E-state index in [1.54, 1.807) is 0 Å². The highest BCUT2D eigenvalue weighted by atomic mass is 16.2. The molecule has 1 fully saturated rings. The molecule has 1 aromatic heterocycles. The van der Waals surface area contributed by atoms with E-state index in [9.17, 15) is 9.59 Å². The van der Waals surface area contributed by atoms with Crippen LogP contribution in [-0.4, -0.2) is 34.4 Å². The maximum Gasteiger partial charge on any atom is 0.227 e. The molecule has 1 saturated heterocycles. The highest BCUT2D eigenvalue weighted by Crippen LogP contribution is 2.32. The normalized spacial score (nSPS) is 16.0. The molecular weight excluding hydrogens is 302 g/mol. The molecule has 1 aromatic carbocycles. The van der Waals surface area contributed by atoms with E-state index in [4.69, 9.17) is 0 Å². The van der Waals surface area contributed by atoms with E-state index in [0.29, 0.717) is 13.0 Å². The summed E-state index contributed by atoms with van der Waals surface area (Å²) < 4.78 is 2.12. The molecule has 3 heterocycles. The molecule has 0 bridgehead atoms. The molecule has 5 nitrogen and oxygen atoms in total. The Morgan fingerprint density at radius 3 is 2.38 bits per heavy atom. The zero-order valence-corrected chi connectivity index (χ0v) is 13.6. The van der Waals surface area contributed by atoms with Crippen LogP contribution in [0.5, 0.6) is 0 Å². The van der Waals surface area contributed by atoms with Gasteiger partial charge in [0.15, 0.2) is 0 Å².